The molecule has 9 nitrogen and oxygen atoms in total. The predicted octanol–water partition coefficient (Wildman–Crippen LogP) is 4.36. The molecule has 0 aliphatic rings. The summed E-state index contributed by atoms with van der Waals surface area (Å²) >= 11 is 0. The maximum Gasteiger partial charge on any atom is 0.313 e. The van der Waals surface area contributed by atoms with Crippen LogP contribution in [0, 0.1) is 10.1 Å². The van der Waals surface area contributed by atoms with Crippen LogP contribution in [0.4, 0.5) is 22.7 Å². The monoisotopic (exact) mass is 398 g/mol. The number of esters is 1. The lowest BCUT2D eigenvalue weighted by Crippen LogP contribution is -2.28. The van der Waals surface area contributed by atoms with E-state index in [0.29, 0.717) is 24.5 Å². The molecule has 0 heterocycles. The number of rotatable bonds is 10. The summed E-state index contributed by atoms with van der Waals surface area (Å²) in [5.41, 5.74) is 2.09. The van der Waals surface area contributed by atoms with E-state index in [-0.39, 0.29) is 24.5 Å². The van der Waals surface area contributed by atoms with Crippen LogP contribution in [-0.2, 0) is 14.3 Å². The molecule has 0 saturated heterocycles. The molecule has 152 valence electrons. The summed E-state index contributed by atoms with van der Waals surface area (Å²) in [7, 11) is 0. The molecule has 0 spiro atoms. The quantitative estimate of drug-likeness (QED) is 0.193. The number of ether oxygens (including phenoxy) is 1. The highest BCUT2D eigenvalue weighted by molar-refractivity contribution is 5.94. The zero-order chi connectivity index (χ0) is 21.2. The fourth-order valence-electron chi connectivity index (χ4n) is 2.48. The molecule has 9 heteroatoms. The van der Waals surface area contributed by atoms with Gasteiger partial charge in [-0.15, -0.1) is 0 Å². The first-order valence-corrected chi connectivity index (χ1v) is 9.05. The van der Waals surface area contributed by atoms with Crippen LogP contribution < -0.4 is 4.90 Å². The van der Waals surface area contributed by atoms with E-state index < -0.39 is 10.9 Å². The number of anilines is 1. The second-order valence-electron chi connectivity index (χ2n) is 6.17. The third-order valence-corrected chi connectivity index (χ3v) is 3.96. The summed E-state index contributed by atoms with van der Waals surface area (Å²) < 4.78 is 5.06. The predicted molar refractivity (Wildman–Crippen MR) is 108 cm³/mol. The Morgan fingerprint density at radius 1 is 1.03 bits per heavy atom. The van der Waals surface area contributed by atoms with Gasteiger partial charge >= 0.3 is 5.97 Å². The number of non-ortho nitro benzene ring substituents is 1. The van der Waals surface area contributed by atoms with Gasteiger partial charge < -0.3 is 9.64 Å². The standard InChI is InChI=1S/C20H22N4O5/c1-3-23(12-13-29-20(26)14-15(2)25)18-8-4-16(5-9-18)21-22-17-6-10-19(11-7-17)24(27)28/h4-11H,3,12-14H2,1-2H3. The van der Waals surface area contributed by atoms with Gasteiger partial charge in [-0.3, -0.25) is 19.7 Å². The van der Waals surface area contributed by atoms with Gasteiger partial charge in [-0.1, -0.05) is 0 Å². The maximum absolute atomic E-state index is 11.4. The molecule has 0 atom stereocenters. The molecule has 0 saturated carbocycles. The third-order valence-electron chi connectivity index (χ3n) is 3.96. The fraction of sp³-hybridized carbons (Fsp3) is 0.300. The number of nitro groups is 1. The Morgan fingerprint density at radius 2 is 1.59 bits per heavy atom. The smallest absolute Gasteiger partial charge is 0.313 e. The summed E-state index contributed by atoms with van der Waals surface area (Å²) in [6, 6.07) is 13.2. The van der Waals surface area contributed by atoms with E-state index >= 15 is 0 Å². The van der Waals surface area contributed by atoms with E-state index in [4.69, 9.17) is 4.74 Å². The number of hydrogen-bond acceptors (Lipinski definition) is 8. The van der Waals surface area contributed by atoms with Crippen molar-refractivity contribution < 1.29 is 19.2 Å². The van der Waals surface area contributed by atoms with Gasteiger partial charge in [0.05, 0.1) is 22.8 Å². The average Bonchev–Trinajstić information content (AvgIpc) is 2.70. The normalized spacial score (nSPS) is 10.7. The molecule has 2 aromatic carbocycles. The largest absolute Gasteiger partial charge is 0.463 e. The van der Waals surface area contributed by atoms with Crippen molar-refractivity contribution in [2.75, 3.05) is 24.6 Å². The Kier molecular flexibility index (Phi) is 7.96. The number of carbonyl (C=O) groups excluding carboxylic acids is 2. The van der Waals surface area contributed by atoms with E-state index in [0.717, 1.165) is 5.69 Å². The van der Waals surface area contributed by atoms with Crippen molar-refractivity contribution in [2.45, 2.75) is 20.3 Å². The van der Waals surface area contributed by atoms with Crippen LogP contribution in [-0.4, -0.2) is 36.4 Å². The van der Waals surface area contributed by atoms with Crippen LogP contribution in [0.5, 0.6) is 0 Å². The minimum atomic E-state index is -0.518. The number of Topliss-reactive ketones (excluding diaryl/α,β-unsaturated/α-hetero) is 1. The molecule has 2 aromatic rings. The lowest BCUT2D eigenvalue weighted by atomic mass is 10.2. The van der Waals surface area contributed by atoms with E-state index in [1.807, 2.05) is 24.0 Å². The number of ketones is 1. The molecule has 0 N–H and O–H groups in total. The number of hydrogen-bond donors (Lipinski definition) is 0. The Hall–Kier alpha value is -3.62. The van der Waals surface area contributed by atoms with Crippen molar-refractivity contribution in [3.05, 3.63) is 58.6 Å². The van der Waals surface area contributed by atoms with Crippen LogP contribution in [0.25, 0.3) is 0 Å². The minimum Gasteiger partial charge on any atom is -0.463 e. The Bertz CT molecular complexity index is 879. The number of nitro benzene ring substituents is 1. The van der Waals surface area contributed by atoms with Crippen molar-refractivity contribution >= 4 is 34.5 Å². The van der Waals surface area contributed by atoms with Gasteiger partial charge in [0.1, 0.15) is 18.8 Å². The third kappa shape index (κ3) is 7.13. The zero-order valence-corrected chi connectivity index (χ0v) is 16.3. The first-order valence-electron chi connectivity index (χ1n) is 9.05. The van der Waals surface area contributed by atoms with Crippen LogP contribution in [0.3, 0.4) is 0 Å². The van der Waals surface area contributed by atoms with Gasteiger partial charge in [-0.2, -0.15) is 10.2 Å². The van der Waals surface area contributed by atoms with E-state index in [9.17, 15) is 19.7 Å². The summed E-state index contributed by atoms with van der Waals surface area (Å²) in [6.07, 6.45) is -0.208. The van der Waals surface area contributed by atoms with Crippen LogP contribution in [0.1, 0.15) is 20.3 Å². The highest BCUT2D eigenvalue weighted by atomic mass is 16.6. The lowest BCUT2D eigenvalue weighted by molar-refractivity contribution is -0.384. The van der Waals surface area contributed by atoms with Gasteiger partial charge in [0, 0.05) is 24.4 Å². The molecular formula is C20H22N4O5. The number of nitrogens with zero attached hydrogens (tertiary/aromatic N) is 4. The second kappa shape index (κ2) is 10.6. The molecule has 0 aliphatic carbocycles. The summed E-state index contributed by atoms with van der Waals surface area (Å²) in [6.45, 7) is 4.75. The van der Waals surface area contributed by atoms with Crippen molar-refractivity contribution in [2.24, 2.45) is 10.2 Å². The minimum absolute atomic E-state index is 0.0000620. The number of benzene rings is 2. The SMILES string of the molecule is CCN(CCOC(=O)CC(C)=O)c1ccc(N=Nc2ccc([N+](=O)[O-])cc2)cc1. The van der Waals surface area contributed by atoms with Crippen molar-refractivity contribution in [1.82, 2.24) is 0 Å². The van der Waals surface area contributed by atoms with E-state index in [1.165, 1.54) is 31.2 Å². The Morgan fingerprint density at radius 3 is 2.07 bits per heavy atom. The highest BCUT2D eigenvalue weighted by Gasteiger charge is 2.09. The number of azo groups is 1. The number of carbonyl (C=O) groups is 2. The highest BCUT2D eigenvalue weighted by Crippen LogP contribution is 2.23. The van der Waals surface area contributed by atoms with Gasteiger partial charge in [-0.05, 0) is 50.2 Å². The van der Waals surface area contributed by atoms with Crippen molar-refractivity contribution in [3.63, 3.8) is 0 Å². The van der Waals surface area contributed by atoms with E-state index in [2.05, 4.69) is 10.2 Å². The summed E-state index contributed by atoms with van der Waals surface area (Å²) in [4.78, 5) is 34.5. The molecule has 0 amide bonds. The average molecular weight is 398 g/mol. The first kappa shape index (κ1) is 21.7. The second-order valence-corrected chi connectivity index (χ2v) is 6.17. The lowest BCUT2D eigenvalue weighted by Gasteiger charge is -2.22. The Labute approximate surface area is 168 Å². The maximum atomic E-state index is 11.4. The van der Waals surface area contributed by atoms with Crippen molar-refractivity contribution in [1.29, 1.82) is 0 Å². The van der Waals surface area contributed by atoms with Gasteiger partial charge in [-0.25, -0.2) is 0 Å². The van der Waals surface area contributed by atoms with Crippen LogP contribution in [0.2, 0.25) is 0 Å². The van der Waals surface area contributed by atoms with Gasteiger partial charge in [0.15, 0.2) is 0 Å². The molecule has 0 aromatic heterocycles. The summed E-state index contributed by atoms with van der Waals surface area (Å²) in [5.74, 6) is -0.739. The molecule has 2 rings (SSSR count). The molecular weight excluding hydrogens is 376 g/mol. The topological polar surface area (TPSA) is 114 Å². The Balaban J connectivity index is 1.92. The fourth-order valence-corrected chi connectivity index (χ4v) is 2.48. The van der Waals surface area contributed by atoms with E-state index in [1.54, 1.807) is 12.1 Å². The molecule has 0 bridgehead atoms. The molecule has 0 aliphatic heterocycles. The van der Waals surface area contributed by atoms with Crippen LogP contribution >= 0.6 is 0 Å². The molecule has 0 fully saturated rings. The molecule has 0 unspecified atom stereocenters. The van der Waals surface area contributed by atoms with Crippen LogP contribution in [0.15, 0.2) is 58.8 Å². The number of likely N-dealkylation sites (N-methyl/N-ethyl adjacent to an activating group) is 1. The first-order chi connectivity index (χ1) is 13.9. The van der Waals surface area contributed by atoms with Gasteiger partial charge in [0.25, 0.3) is 5.69 Å². The molecule has 0 radical (unpaired) electrons. The molecule has 29 heavy (non-hydrogen) atoms. The van der Waals surface area contributed by atoms with Crippen molar-refractivity contribution in [3.8, 4) is 0 Å². The zero-order valence-electron chi connectivity index (χ0n) is 16.3. The summed E-state index contributed by atoms with van der Waals surface area (Å²) in [5, 5.41) is 18.8. The van der Waals surface area contributed by atoms with Gasteiger partial charge in [0.2, 0.25) is 0 Å².